The van der Waals surface area contributed by atoms with Crippen molar-refractivity contribution >= 4 is 18.3 Å². The molecule has 1 aliphatic rings. The zero-order valence-electron chi connectivity index (χ0n) is 15.0. The van der Waals surface area contributed by atoms with Gasteiger partial charge in [0, 0.05) is 17.2 Å². The van der Waals surface area contributed by atoms with Gasteiger partial charge in [-0.25, -0.2) is 4.39 Å². The molecule has 132 valence electrons. The van der Waals surface area contributed by atoms with Crippen LogP contribution >= 0.6 is 0 Å². The molecule has 3 rings (SSSR count). The van der Waals surface area contributed by atoms with Crippen molar-refractivity contribution in [2.45, 2.75) is 45.5 Å². The molecule has 0 aromatic heterocycles. The van der Waals surface area contributed by atoms with Gasteiger partial charge < -0.3 is 19.8 Å². The SMILES string of the molecule is CC1(C)OB(c2cc(N)cc(F)c2OCc2ccccc2)OC1(C)C. The molecule has 25 heavy (non-hydrogen) atoms. The van der Waals surface area contributed by atoms with Crippen molar-refractivity contribution in [1.82, 2.24) is 0 Å². The summed E-state index contributed by atoms with van der Waals surface area (Å²) in [6.45, 7) is 8.02. The molecular weight excluding hydrogens is 320 g/mol. The Hall–Kier alpha value is -2.05. The summed E-state index contributed by atoms with van der Waals surface area (Å²) in [5.74, 6) is -0.419. The van der Waals surface area contributed by atoms with E-state index in [4.69, 9.17) is 19.8 Å². The Morgan fingerprint density at radius 2 is 1.64 bits per heavy atom. The minimum atomic E-state index is -0.742. The number of nitrogen functional groups attached to an aromatic ring is 1. The highest BCUT2D eigenvalue weighted by Crippen LogP contribution is 2.37. The van der Waals surface area contributed by atoms with Crippen molar-refractivity contribution in [3.63, 3.8) is 0 Å². The Morgan fingerprint density at radius 1 is 1.04 bits per heavy atom. The van der Waals surface area contributed by atoms with Crippen LogP contribution in [0, 0.1) is 5.82 Å². The Kier molecular flexibility index (Phi) is 4.52. The predicted octanol–water partition coefficient (Wildman–Crippen LogP) is 3.29. The van der Waals surface area contributed by atoms with Gasteiger partial charge in [0.15, 0.2) is 11.6 Å². The average molecular weight is 343 g/mol. The van der Waals surface area contributed by atoms with Crippen LogP contribution in [0.2, 0.25) is 0 Å². The summed E-state index contributed by atoms with van der Waals surface area (Å²) in [6.07, 6.45) is 0. The Balaban J connectivity index is 1.91. The monoisotopic (exact) mass is 343 g/mol. The molecule has 0 bridgehead atoms. The van der Waals surface area contributed by atoms with Gasteiger partial charge in [-0.05, 0) is 39.3 Å². The quantitative estimate of drug-likeness (QED) is 0.684. The third kappa shape index (κ3) is 3.50. The van der Waals surface area contributed by atoms with E-state index in [0.717, 1.165) is 5.56 Å². The summed E-state index contributed by atoms with van der Waals surface area (Å²) in [5, 5.41) is 0. The fourth-order valence-electron chi connectivity index (χ4n) is 2.66. The fraction of sp³-hybridized carbons (Fsp3) is 0.368. The van der Waals surface area contributed by atoms with Crippen LogP contribution in [-0.2, 0) is 15.9 Å². The minimum absolute atomic E-state index is 0.108. The van der Waals surface area contributed by atoms with Gasteiger partial charge in [-0.15, -0.1) is 0 Å². The van der Waals surface area contributed by atoms with E-state index in [-0.39, 0.29) is 12.4 Å². The first-order chi connectivity index (χ1) is 11.7. The number of nitrogens with two attached hydrogens (primary N) is 1. The maximum absolute atomic E-state index is 14.5. The van der Waals surface area contributed by atoms with Gasteiger partial charge in [0.2, 0.25) is 0 Å². The van der Waals surface area contributed by atoms with Crippen LogP contribution in [0.4, 0.5) is 10.1 Å². The molecular formula is C19H23BFNO3. The molecule has 0 aliphatic carbocycles. The molecule has 2 aromatic carbocycles. The molecule has 1 saturated heterocycles. The van der Waals surface area contributed by atoms with E-state index in [1.165, 1.54) is 6.07 Å². The first-order valence-corrected chi connectivity index (χ1v) is 8.31. The smallest absolute Gasteiger partial charge is 0.486 e. The lowest BCUT2D eigenvalue weighted by Gasteiger charge is -2.32. The van der Waals surface area contributed by atoms with Crippen LogP contribution in [0.25, 0.3) is 0 Å². The van der Waals surface area contributed by atoms with Crippen molar-refractivity contribution in [3.8, 4) is 5.75 Å². The van der Waals surface area contributed by atoms with Crippen LogP contribution < -0.4 is 15.9 Å². The molecule has 1 heterocycles. The van der Waals surface area contributed by atoms with Crippen molar-refractivity contribution in [2.75, 3.05) is 5.73 Å². The molecule has 2 N–H and O–H groups in total. The summed E-state index contributed by atoms with van der Waals surface area (Å²) in [5.41, 5.74) is 6.48. The largest absolute Gasteiger partial charge is 0.498 e. The Bertz CT molecular complexity index is 749. The second kappa shape index (κ2) is 6.35. The molecule has 1 fully saturated rings. The third-order valence-electron chi connectivity index (χ3n) is 4.83. The molecule has 0 saturated carbocycles. The third-order valence-corrected chi connectivity index (χ3v) is 4.83. The van der Waals surface area contributed by atoms with E-state index in [1.807, 2.05) is 58.0 Å². The van der Waals surface area contributed by atoms with Crippen molar-refractivity contribution in [2.24, 2.45) is 0 Å². The second-order valence-electron chi connectivity index (χ2n) is 7.28. The van der Waals surface area contributed by atoms with Crippen molar-refractivity contribution in [1.29, 1.82) is 0 Å². The zero-order valence-corrected chi connectivity index (χ0v) is 15.0. The first kappa shape index (κ1) is 17.8. The summed E-state index contributed by atoms with van der Waals surface area (Å²) in [7, 11) is -0.742. The number of benzene rings is 2. The van der Waals surface area contributed by atoms with E-state index in [0.29, 0.717) is 11.2 Å². The summed E-state index contributed by atoms with van der Waals surface area (Å²) in [6, 6.07) is 12.5. The Morgan fingerprint density at radius 3 is 2.24 bits per heavy atom. The van der Waals surface area contributed by atoms with Gasteiger partial charge in [-0.3, -0.25) is 0 Å². The number of anilines is 1. The van der Waals surface area contributed by atoms with Crippen LogP contribution in [-0.4, -0.2) is 18.3 Å². The van der Waals surface area contributed by atoms with Gasteiger partial charge in [0.25, 0.3) is 0 Å². The molecule has 2 aromatic rings. The second-order valence-corrected chi connectivity index (χ2v) is 7.28. The standard InChI is InChI=1S/C19H23BFNO3/c1-18(2)19(3,4)25-20(24-18)15-10-14(22)11-16(21)17(15)23-12-13-8-6-5-7-9-13/h5-11H,12,22H2,1-4H3. The first-order valence-electron chi connectivity index (χ1n) is 8.31. The van der Waals surface area contributed by atoms with Gasteiger partial charge >= 0.3 is 7.12 Å². The van der Waals surface area contributed by atoms with E-state index in [1.54, 1.807) is 6.07 Å². The molecule has 0 amide bonds. The van der Waals surface area contributed by atoms with Gasteiger partial charge in [-0.1, -0.05) is 30.3 Å². The molecule has 6 heteroatoms. The van der Waals surface area contributed by atoms with Crippen LogP contribution in [0.1, 0.15) is 33.3 Å². The van der Waals surface area contributed by atoms with Crippen molar-refractivity contribution in [3.05, 3.63) is 53.8 Å². The molecule has 4 nitrogen and oxygen atoms in total. The topological polar surface area (TPSA) is 53.7 Å². The molecule has 0 atom stereocenters. The maximum atomic E-state index is 14.5. The van der Waals surface area contributed by atoms with Gasteiger partial charge in [0.1, 0.15) is 6.61 Å². The fourth-order valence-corrected chi connectivity index (χ4v) is 2.66. The van der Waals surface area contributed by atoms with Gasteiger partial charge in [0.05, 0.1) is 11.2 Å². The average Bonchev–Trinajstić information content (AvgIpc) is 2.75. The normalized spacial score (nSPS) is 18.4. The van der Waals surface area contributed by atoms with E-state index >= 15 is 0 Å². The lowest BCUT2D eigenvalue weighted by Crippen LogP contribution is -2.41. The molecule has 0 spiro atoms. The number of halogens is 1. The molecule has 0 unspecified atom stereocenters. The number of hydrogen-bond acceptors (Lipinski definition) is 4. The van der Waals surface area contributed by atoms with Crippen molar-refractivity contribution < 1.29 is 18.4 Å². The van der Waals surface area contributed by atoms with E-state index < -0.39 is 24.1 Å². The van der Waals surface area contributed by atoms with Crippen LogP contribution in [0.15, 0.2) is 42.5 Å². The lowest BCUT2D eigenvalue weighted by molar-refractivity contribution is 0.00578. The lowest BCUT2D eigenvalue weighted by atomic mass is 9.78. The summed E-state index contributed by atoms with van der Waals surface area (Å²) >= 11 is 0. The highest BCUT2D eigenvalue weighted by molar-refractivity contribution is 6.63. The number of hydrogen-bond donors (Lipinski definition) is 1. The highest BCUT2D eigenvalue weighted by atomic mass is 19.1. The summed E-state index contributed by atoms with van der Waals surface area (Å²) in [4.78, 5) is 0. The van der Waals surface area contributed by atoms with Crippen LogP contribution in [0.3, 0.4) is 0 Å². The number of rotatable bonds is 4. The summed E-state index contributed by atoms with van der Waals surface area (Å²) < 4.78 is 32.4. The molecule has 1 aliphatic heterocycles. The molecule has 0 radical (unpaired) electrons. The van der Waals surface area contributed by atoms with Crippen LogP contribution in [0.5, 0.6) is 5.75 Å². The predicted molar refractivity (Wildman–Crippen MR) is 97.3 cm³/mol. The maximum Gasteiger partial charge on any atom is 0.498 e. The minimum Gasteiger partial charge on any atom is -0.486 e. The Labute approximate surface area is 148 Å². The van der Waals surface area contributed by atoms with Gasteiger partial charge in [-0.2, -0.15) is 0 Å². The number of ether oxygens (including phenoxy) is 1. The highest BCUT2D eigenvalue weighted by Gasteiger charge is 2.52. The van der Waals surface area contributed by atoms with E-state index in [9.17, 15) is 4.39 Å². The van der Waals surface area contributed by atoms with E-state index in [2.05, 4.69) is 0 Å². The zero-order chi connectivity index (χ0) is 18.2.